The second-order valence-electron chi connectivity index (χ2n) is 3.68. The zero-order valence-electron chi connectivity index (χ0n) is 9.67. The lowest BCUT2D eigenvalue weighted by Gasteiger charge is -2.29. The Hall–Kier alpha value is -1.17. The van der Waals surface area contributed by atoms with Crippen molar-refractivity contribution in [3.8, 4) is 0 Å². The van der Waals surface area contributed by atoms with Gasteiger partial charge in [-0.25, -0.2) is 4.79 Å². The molecule has 0 atom stereocenters. The number of anilines is 2. The van der Waals surface area contributed by atoms with E-state index in [4.69, 9.17) is 15.6 Å². The molecule has 1 heterocycles. The zero-order chi connectivity index (χ0) is 11.5. The number of carboxylic acid groups (broad SMARTS) is 1. The van der Waals surface area contributed by atoms with Gasteiger partial charge in [-0.15, -0.1) is 24.8 Å². The SMILES string of the molecule is Cl.Cl.Nc1ccc(N2CCOCC2)c(C(=O)O)c1. The molecule has 18 heavy (non-hydrogen) atoms. The van der Waals surface area contributed by atoms with E-state index in [0.717, 1.165) is 0 Å². The number of carbonyl (C=O) groups is 1. The van der Waals surface area contributed by atoms with Crippen molar-refractivity contribution >= 4 is 42.2 Å². The van der Waals surface area contributed by atoms with E-state index in [1.165, 1.54) is 6.07 Å². The summed E-state index contributed by atoms with van der Waals surface area (Å²) in [6.07, 6.45) is 0. The second-order valence-corrected chi connectivity index (χ2v) is 3.68. The molecule has 1 aromatic carbocycles. The van der Waals surface area contributed by atoms with Gasteiger partial charge in [0.25, 0.3) is 0 Å². The van der Waals surface area contributed by atoms with E-state index in [1.54, 1.807) is 12.1 Å². The molecule has 1 aliphatic rings. The number of nitrogens with two attached hydrogens (primary N) is 1. The molecule has 0 aromatic heterocycles. The average molecular weight is 295 g/mol. The molecule has 7 heteroatoms. The molecule has 102 valence electrons. The summed E-state index contributed by atoms with van der Waals surface area (Å²) >= 11 is 0. The van der Waals surface area contributed by atoms with Gasteiger partial charge in [0.05, 0.1) is 24.5 Å². The summed E-state index contributed by atoms with van der Waals surface area (Å²) in [6, 6.07) is 4.97. The summed E-state index contributed by atoms with van der Waals surface area (Å²) in [5.41, 5.74) is 7.02. The fraction of sp³-hybridized carbons (Fsp3) is 0.364. The van der Waals surface area contributed by atoms with Gasteiger partial charge in [0, 0.05) is 18.8 Å². The lowest BCUT2D eigenvalue weighted by Crippen LogP contribution is -2.37. The maximum atomic E-state index is 11.1. The summed E-state index contributed by atoms with van der Waals surface area (Å²) in [7, 11) is 0. The number of ether oxygens (including phenoxy) is 1. The van der Waals surface area contributed by atoms with Gasteiger partial charge in [-0.05, 0) is 18.2 Å². The van der Waals surface area contributed by atoms with Crippen molar-refractivity contribution in [2.24, 2.45) is 0 Å². The molecule has 0 spiro atoms. The van der Waals surface area contributed by atoms with Crippen LogP contribution in [0.2, 0.25) is 0 Å². The number of hydrogen-bond donors (Lipinski definition) is 2. The summed E-state index contributed by atoms with van der Waals surface area (Å²) in [6.45, 7) is 2.68. The van der Waals surface area contributed by atoms with Crippen LogP contribution in [0.3, 0.4) is 0 Å². The third-order valence-electron chi connectivity index (χ3n) is 2.60. The molecule has 2 rings (SSSR count). The van der Waals surface area contributed by atoms with Crippen LogP contribution >= 0.6 is 24.8 Å². The number of hydrogen-bond acceptors (Lipinski definition) is 4. The zero-order valence-corrected chi connectivity index (χ0v) is 11.3. The normalized spacial score (nSPS) is 14.3. The van der Waals surface area contributed by atoms with E-state index in [9.17, 15) is 4.79 Å². The van der Waals surface area contributed by atoms with Crippen molar-refractivity contribution in [1.29, 1.82) is 0 Å². The Bertz CT molecular complexity index is 409. The van der Waals surface area contributed by atoms with Crippen LogP contribution in [0.4, 0.5) is 11.4 Å². The first-order valence-electron chi connectivity index (χ1n) is 5.14. The predicted octanol–water partition coefficient (Wildman–Crippen LogP) is 1.65. The maximum absolute atomic E-state index is 11.1. The fourth-order valence-electron chi connectivity index (χ4n) is 1.80. The Morgan fingerprint density at radius 2 is 1.89 bits per heavy atom. The first-order valence-corrected chi connectivity index (χ1v) is 5.14. The third-order valence-corrected chi connectivity index (χ3v) is 2.60. The molecular formula is C11H16Cl2N2O3. The van der Waals surface area contributed by atoms with Gasteiger partial charge in [-0.1, -0.05) is 0 Å². The Kier molecular flexibility index (Phi) is 6.83. The van der Waals surface area contributed by atoms with E-state index >= 15 is 0 Å². The van der Waals surface area contributed by atoms with E-state index in [-0.39, 0.29) is 30.4 Å². The van der Waals surface area contributed by atoms with Crippen molar-refractivity contribution in [3.63, 3.8) is 0 Å². The van der Waals surface area contributed by atoms with Gasteiger partial charge in [0.2, 0.25) is 0 Å². The first kappa shape index (κ1) is 16.8. The molecule has 0 bridgehead atoms. The van der Waals surface area contributed by atoms with Gasteiger partial charge in [-0.3, -0.25) is 0 Å². The van der Waals surface area contributed by atoms with E-state index < -0.39 is 5.97 Å². The number of morpholine rings is 1. The van der Waals surface area contributed by atoms with Crippen molar-refractivity contribution in [3.05, 3.63) is 23.8 Å². The van der Waals surface area contributed by atoms with Gasteiger partial charge in [-0.2, -0.15) is 0 Å². The quantitative estimate of drug-likeness (QED) is 0.811. The summed E-state index contributed by atoms with van der Waals surface area (Å²) in [5.74, 6) is -0.950. The molecule has 1 aromatic rings. The lowest BCUT2D eigenvalue weighted by atomic mass is 10.1. The number of aromatic carboxylic acids is 1. The topological polar surface area (TPSA) is 75.8 Å². The van der Waals surface area contributed by atoms with Crippen molar-refractivity contribution in [2.45, 2.75) is 0 Å². The Balaban J connectivity index is 0.00000144. The van der Waals surface area contributed by atoms with Crippen LogP contribution in [-0.2, 0) is 4.74 Å². The summed E-state index contributed by atoms with van der Waals surface area (Å²) in [4.78, 5) is 13.1. The monoisotopic (exact) mass is 294 g/mol. The number of halogens is 2. The Morgan fingerprint density at radius 3 is 2.44 bits per heavy atom. The van der Waals surface area contributed by atoms with Crippen LogP contribution < -0.4 is 10.6 Å². The molecular weight excluding hydrogens is 279 g/mol. The second kappa shape index (κ2) is 7.31. The molecule has 0 unspecified atom stereocenters. The van der Waals surface area contributed by atoms with E-state index in [2.05, 4.69) is 0 Å². The molecule has 1 aliphatic heterocycles. The molecule has 0 radical (unpaired) electrons. The standard InChI is InChI=1S/C11H14N2O3.2ClH/c12-8-1-2-10(9(7-8)11(14)15)13-3-5-16-6-4-13;;/h1-2,7H,3-6,12H2,(H,14,15);2*1H. The minimum Gasteiger partial charge on any atom is -0.478 e. The average Bonchev–Trinajstić information content (AvgIpc) is 2.30. The number of rotatable bonds is 2. The van der Waals surface area contributed by atoms with Crippen molar-refractivity contribution in [1.82, 2.24) is 0 Å². The largest absolute Gasteiger partial charge is 0.478 e. The van der Waals surface area contributed by atoms with Crippen molar-refractivity contribution in [2.75, 3.05) is 36.9 Å². The number of nitrogen functional groups attached to an aromatic ring is 1. The fourth-order valence-corrected chi connectivity index (χ4v) is 1.80. The minimum absolute atomic E-state index is 0. The highest BCUT2D eigenvalue weighted by atomic mass is 35.5. The maximum Gasteiger partial charge on any atom is 0.337 e. The van der Waals surface area contributed by atoms with Gasteiger partial charge >= 0.3 is 5.97 Å². The molecule has 1 fully saturated rings. The number of nitrogens with zero attached hydrogens (tertiary/aromatic N) is 1. The first-order chi connectivity index (χ1) is 7.68. The van der Waals surface area contributed by atoms with Gasteiger partial charge in [0.15, 0.2) is 0 Å². The van der Waals surface area contributed by atoms with Crippen LogP contribution in [-0.4, -0.2) is 37.4 Å². The highest BCUT2D eigenvalue weighted by Gasteiger charge is 2.18. The number of carboxylic acids is 1. The van der Waals surface area contributed by atoms with Crippen LogP contribution in [0, 0.1) is 0 Å². The van der Waals surface area contributed by atoms with E-state index in [1.807, 2.05) is 4.90 Å². The van der Waals surface area contributed by atoms with Gasteiger partial charge < -0.3 is 20.5 Å². The Labute approximate surface area is 118 Å². The molecule has 3 N–H and O–H groups in total. The van der Waals surface area contributed by atoms with Crippen LogP contribution in [0.1, 0.15) is 10.4 Å². The molecule has 5 nitrogen and oxygen atoms in total. The molecule has 0 aliphatic carbocycles. The highest BCUT2D eigenvalue weighted by molar-refractivity contribution is 5.95. The van der Waals surface area contributed by atoms with Crippen LogP contribution in [0.25, 0.3) is 0 Å². The molecule has 0 amide bonds. The molecule has 0 saturated carbocycles. The minimum atomic E-state index is -0.950. The summed E-state index contributed by atoms with van der Waals surface area (Å²) < 4.78 is 5.23. The van der Waals surface area contributed by atoms with Gasteiger partial charge in [0.1, 0.15) is 0 Å². The van der Waals surface area contributed by atoms with Crippen molar-refractivity contribution < 1.29 is 14.6 Å². The van der Waals surface area contributed by atoms with E-state index in [0.29, 0.717) is 37.7 Å². The van der Waals surface area contributed by atoms with Crippen LogP contribution in [0.15, 0.2) is 18.2 Å². The highest BCUT2D eigenvalue weighted by Crippen LogP contribution is 2.24. The molecule has 1 saturated heterocycles. The predicted molar refractivity (Wildman–Crippen MR) is 75.3 cm³/mol. The summed E-state index contributed by atoms with van der Waals surface area (Å²) in [5, 5.41) is 9.11. The van der Waals surface area contributed by atoms with Crippen LogP contribution in [0.5, 0.6) is 0 Å². The number of benzene rings is 1. The smallest absolute Gasteiger partial charge is 0.337 e. The Morgan fingerprint density at radius 1 is 1.28 bits per heavy atom. The lowest BCUT2D eigenvalue weighted by molar-refractivity contribution is 0.0696. The third kappa shape index (κ3) is 3.66.